The summed E-state index contributed by atoms with van der Waals surface area (Å²) in [5.41, 5.74) is -0.0994. The third-order valence-electron chi connectivity index (χ3n) is 3.34. The van der Waals surface area contributed by atoms with Crippen molar-refractivity contribution >= 4 is 39.7 Å². The van der Waals surface area contributed by atoms with E-state index in [-0.39, 0.29) is 28.0 Å². The zero-order valence-corrected chi connectivity index (χ0v) is 16.5. The summed E-state index contributed by atoms with van der Waals surface area (Å²) in [5.74, 6) is -1.79. The number of anilines is 1. The maximum atomic E-state index is 12.4. The van der Waals surface area contributed by atoms with E-state index in [0.717, 1.165) is 11.3 Å². The van der Waals surface area contributed by atoms with Crippen LogP contribution in [0, 0.1) is 17.0 Å². The highest BCUT2D eigenvalue weighted by molar-refractivity contribution is 7.17. The van der Waals surface area contributed by atoms with Crippen molar-refractivity contribution in [3.05, 3.63) is 56.4 Å². The summed E-state index contributed by atoms with van der Waals surface area (Å²) < 4.78 is 4.91. The minimum absolute atomic E-state index is 0.111. The van der Waals surface area contributed by atoms with E-state index in [1.807, 2.05) is 0 Å². The number of nitrogens with one attached hydrogen (secondary N) is 1. The number of azo groups is 1. The molecular formula is C17H17N5O6S. The second kappa shape index (κ2) is 9.50. The summed E-state index contributed by atoms with van der Waals surface area (Å²) in [6, 6.07) is 5.32. The molecule has 2 N–H and O–H groups in total. The monoisotopic (exact) mass is 419 g/mol. The number of aromatic nitrogens is 1. The maximum Gasteiger partial charge on any atom is 0.350 e. The molecule has 0 spiro atoms. The zero-order chi connectivity index (χ0) is 21.6. The number of hydrogen-bond acceptors (Lipinski definition) is 10. The maximum absolute atomic E-state index is 12.4. The Morgan fingerprint density at radius 3 is 2.76 bits per heavy atom. The highest BCUT2D eigenvalue weighted by Gasteiger charge is 2.20. The van der Waals surface area contributed by atoms with Crippen molar-refractivity contribution in [1.29, 1.82) is 0 Å². The molecule has 0 fully saturated rings. The lowest BCUT2D eigenvalue weighted by atomic mass is 10.3. The van der Waals surface area contributed by atoms with E-state index in [1.54, 1.807) is 13.8 Å². The average Bonchev–Trinajstić information content (AvgIpc) is 3.02. The molecule has 0 atom stereocenters. The van der Waals surface area contributed by atoms with Crippen LogP contribution in [0.25, 0.3) is 0 Å². The van der Waals surface area contributed by atoms with Gasteiger partial charge in [-0.15, -0.1) is 10.2 Å². The van der Waals surface area contributed by atoms with Crippen molar-refractivity contribution < 1.29 is 24.4 Å². The highest BCUT2D eigenvalue weighted by Crippen LogP contribution is 2.25. The van der Waals surface area contributed by atoms with E-state index in [2.05, 4.69) is 20.5 Å². The van der Waals surface area contributed by atoms with E-state index in [0.29, 0.717) is 5.69 Å². The molecule has 0 bridgehead atoms. The predicted octanol–water partition coefficient (Wildman–Crippen LogP) is 4.05. The van der Waals surface area contributed by atoms with Gasteiger partial charge in [0, 0.05) is 12.1 Å². The Kier molecular flexibility index (Phi) is 7.09. The van der Waals surface area contributed by atoms with Crippen LogP contribution in [0.5, 0.6) is 0 Å². The number of benzene rings is 1. The number of aliphatic hydroxyl groups excluding tert-OH is 1. The summed E-state index contributed by atoms with van der Waals surface area (Å²) in [6.45, 7) is 4.70. The van der Waals surface area contributed by atoms with Crippen LogP contribution in [0.3, 0.4) is 0 Å². The Bertz CT molecular complexity index is 1010. The molecule has 0 saturated carbocycles. The van der Waals surface area contributed by atoms with E-state index >= 15 is 0 Å². The second-order valence-corrected chi connectivity index (χ2v) is 6.52. The zero-order valence-electron chi connectivity index (χ0n) is 15.7. The van der Waals surface area contributed by atoms with Crippen LogP contribution in [-0.2, 0) is 9.53 Å². The minimum Gasteiger partial charge on any atom is -0.510 e. The average molecular weight is 419 g/mol. The molecule has 0 radical (unpaired) electrons. The van der Waals surface area contributed by atoms with E-state index in [4.69, 9.17) is 4.74 Å². The first-order valence-electron chi connectivity index (χ1n) is 8.24. The molecule has 12 heteroatoms. The van der Waals surface area contributed by atoms with Crippen LogP contribution in [0.15, 0.2) is 46.0 Å². The van der Waals surface area contributed by atoms with Gasteiger partial charge in [-0.05, 0) is 26.8 Å². The number of carbonyl (C=O) groups is 2. The number of hydrogen-bond donors (Lipinski definition) is 2. The molecule has 0 aliphatic rings. The molecule has 0 unspecified atom stereocenters. The Morgan fingerprint density at radius 2 is 2.14 bits per heavy atom. The van der Waals surface area contributed by atoms with Crippen LogP contribution < -0.4 is 5.32 Å². The molecule has 152 valence electrons. The van der Waals surface area contributed by atoms with Crippen molar-refractivity contribution in [2.45, 2.75) is 20.8 Å². The van der Waals surface area contributed by atoms with Gasteiger partial charge in [0.2, 0.25) is 0 Å². The normalized spacial score (nSPS) is 11.8. The Hall–Kier alpha value is -3.67. The number of esters is 1. The van der Waals surface area contributed by atoms with E-state index in [9.17, 15) is 24.8 Å². The molecule has 0 aliphatic heterocycles. The quantitative estimate of drug-likeness (QED) is 0.171. The second-order valence-electron chi connectivity index (χ2n) is 5.52. The number of thiazole rings is 1. The number of allylic oxidation sites excluding steroid dienone is 1. The standard InChI is InChI=1S/C17H17N5O6S/c1-4-28-16(25)14-9(2)18-17(29-14)19-15(24)13(10(3)23)21-20-11-6-5-7-12(8-11)22(26)27/h5-8,23H,4H2,1-3H3,(H,18,19,24). The number of aryl methyl sites for hydroxylation is 1. The smallest absolute Gasteiger partial charge is 0.350 e. The molecule has 2 aromatic rings. The molecule has 1 aromatic carbocycles. The number of carbonyl (C=O) groups excluding carboxylic acids is 2. The van der Waals surface area contributed by atoms with Gasteiger partial charge < -0.3 is 9.84 Å². The van der Waals surface area contributed by atoms with Gasteiger partial charge in [0.25, 0.3) is 11.6 Å². The first kappa shape index (κ1) is 21.6. The van der Waals surface area contributed by atoms with Crippen molar-refractivity contribution in [3.8, 4) is 0 Å². The van der Waals surface area contributed by atoms with Crippen molar-refractivity contribution in [1.82, 2.24) is 4.98 Å². The van der Waals surface area contributed by atoms with Crippen molar-refractivity contribution in [2.75, 3.05) is 11.9 Å². The third kappa shape index (κ3) is 5.65. The van der Waals surface area contributed by atoms with E-state index < -0.39 is 28.3 Å². The van der Waals surface area contributed by atoms with Gasteiger partial charge in [-0.25, -0.2) is 9.78 Å². The predicted molar refractivity (Wildman–Crippen MR) is 104 cm³/mol. The van der Waals surface area contributed by atoms with Gasteiger partial charge in [0.05, 0.1) is 22.9 Å². The molecule has 11 nitrogen and oxygen atoms in total. The summed E-state index contributed by atoms with van der Waals surface area (Å²) in [6.07, 6.45) is 0. The largest absolute Gasteiger partial charge is 0.510 e. The molecule has 2 rings (SSSR count). The molecule has 0 aliphatic carbocycles. The molecule has 29 heavy (non-hydrogen) atoms. The van der Waals surface area contributed by atoms with Gasteiger partial charge in [-0.1, -0.05) is 17.4 Å². The lowest BCUT2D eigenvalue weighted by molar-refractivity contribution is -0.384. The van der Waals surface area contributed by atoms with E-state index in [1.165, 1.54) is 31.2 Å². The lowest BCUT2D eigenvalue weighted by Crippen LogP contribution is -2.14. The van der Waals surface area contributed by atoms with Gasteiger partial charge in [-0.3, -0.25) is 20.2 Å². The fourth-order valence-electron chi connectivity index (χ4n) is 2.05. The molecule has 1 amide bonds. The fourth-order valence-corrected chi connectivity index (χ4v) is 2.91. The lowest BCUT2D eigenvalue weighted by Gasteiger charge is -2.02. The molecule has 1 heterocycles. The van der Waals surface area contributed by atoms with Gasteiger partial charge in [0.15, 0.2) is 10.8 Å². The summed E-state index contributed by atoms with van der Waals surface area (Å²) >= 11 is 0.916. The highest BCUT2D eigenvalue weighted by atomic mass is 32.1. The summed E-state index contributed by atoms with van der Waals surface area (Å²) in [5, 5.41) is 30.6. The van der Waals surface area contributed by atoms with Crippen molar-refractivity contribution in [2.24, 2.45) is 10.2 Å². The van der Waals surface area contributed by atoms with Crippen LogP contribution in [0.4, 0.5) is 16.5 Å². The first-order chi connectivity index (χ1) is 13.7. The summed E-state index contributed by atoms with van der Waals surface area (Å²) in [7, 11) is 0. The molecular weight excluding hydrogens is 402 g/mol. The number of aliphatic hydroxyl groups is 1. The number of nitrogens with zero attached hydrogens (tertiary/aromatic N) is 4. The number of rotatable bonds is 7. The number of amides is 1. The topological polar surface area (TPSA) is 156 Å². The number of nitro groups is 1. The number of ether oxygens (including phenoxy) is 1. The number of nitro benzene ring substituents is 1. The van der Waals surface area contributed by atoms with Crippen LogP contribution >= 0.6 is 11.3 Å². The number of non-ortho nitro benzene ring substituents is 1. The Balaban J connectivity index is 2.20. The van der Waals surface area contributed by atoms with Gasteiger partial charge in [-0.2, -0.15) is 0 Å². The van der Waals surface area contributed by atoms with Crippen LogP contribution in [0.1, 0.15) is 29.2 Å². The van der Waals surface area contributed by atoms with Crippen molar-refractivity contribution in [3.63, 3.8) is 0 Å². The van der Waals surface area contributed by atoms with Gasteiger partial charge in [0.1, 0.15) is 10.6 Å². The molecule has 0 saturated heterocycles. The first-order valence-corrected chi connectivity index (χ1v) is 9.06. The molecule has 1 aromatic heterocycles. The van der Waals surface area contributed by atoms with Crippen LogP contribution in [0.2, 0.25) is 0 Å². The third-order valence-corrected chi connectivity index (χ3v) is 4.39. The fraction of sp³-hybridized carbons (Fsp3) is 0.235. The Morgan fingerprint density at radius 1 is 1.41 bits per heavy atom. The van der Waals surface area contributed by atoms with Crippen LogP contribution in [-0.4, -0.2) is 33.5 Å². The minimum atomic E-state index is -0.816. The Labute approximate surface area is 168 Å². The van der Waals surface area contributed by atoms with Gasteiger partial charge >= 0.3 is 5.97 Å². The summed E-state index contributed by atoms with van der Waals surface area (Å²) in [4.78, 5) is 38.8. The SMILES string of the molecule is CCOC(=O)c1sc(NC(=O)C(N=Nc2cccc([N+](=O)[O-])c2)=C(C)O)nc1C.